The van der Waals surface area contributed by atoms with Crippen molar-refractivity contribution in [2.45, 2.75) is 30.9 Å². The molecule has 0 aliphatic rings. The summed E-state index contributed by atoms with van der Waals surface area (Å²) in [7, 11) is 0. The van der Waals surface area contributed by atoms with Crippen molar-refractivity contribution < 1.29 is 29.7 Å². The second-order valence-corrected chi connectivity index (χ2v) is 4.36. The lowest BCUT2D eigenvalue weighted by Gasteiger charge is -2.09. The van der Waals surface area contributed by atoms with E-state index >= 15 is 0 Å². The third-order valence-corrected chi connectivity index (χ3v) is 3.04. The maximum Gasteiger partial charge on any atom is 0.316 e. The number of unbranched alkanes of at least 4 members (excludes halogenated alkanes) is 1. The Morgan fingerprint density at radius 1 is 1.00 bits per heavy atom. The molecule has 0 aromatic carbocycles. The van der Waals surface area contributed by atoms with E-state index in [9.17, 15) is 14.4 Å². The summed E-state index contributed by atoms with van der Waals surface area (Å²) in [6.45, 7) is 0. The lowest BCUT2D eigenvalue weighted by Crippen LogP contribution is -2.18. The van der Waals surface area contributed by atoms with Crippen molar-refractivity contribution in [2.24, 2.45) is 0 Å². The Kier molecular flexibility index (Phi) is 7.36. The average molecular weight is 250 g/mol. The molecule has 6 nitrogen and oxygen atoms in total. The quantitative estimate of drug-likeness (QED) is 0.521. The highest BCUT2D eigenvalue weighted by molar-refractivity contribution is 8.01. The second kappa shape index (κ2) is 7.98. The van der Waals surface area contributed by atoms with Crippen molar-refractivity contribution in [3.63, 3.8) is 0 Å². The van der Waals surface area contributed by atoms with Gasteiger partial charge in [0, 0.05) is 6.42 Å². The Labute approximate surface area is 96.6 Å². The Bertz CT molecular complexity index is 265. The molecule has 16 heavy (non-hydrogen) atoms. The van der Waals surface area contributed by atoms with Crippen LogP contribution in [0.25, 0.3) is 0 Å². The standard InChI is InChI=1S/C9H14O6S/c10-7(11)4-2-1-3-6(9(14)15)16-5-8(12)13/h6H,1-5H2,(H,10,11)(H,12,13)(H,14,15). The molecule has 0 aromatic rings. The normalized spacial score (nSPS) is 12.0. The van der Waals surface area contributed by atoms with Gasteiger partial charge in [-0.3, -0.25) is 14.4 Å². The number of carboxylic acids is 3. The Morgan fingerprint density at radius 3 is 2.06 bits per heavy atom. The first-order valence-electron chi connectivity index (χ1n) is 4.71. The van der Waals surface area contributed by atoms with Crippen LogP contribution in [0.2, 0.25) is 0 Å². The molecular weight excluding hydrogens is 236 g/mol. The van der Waals surface area contributed by atoms with Gasteiger partial charge in [0.1, 0.15) is 5.25 Å². The largest absolute Gasteiger partial charge is 0.481 e. The monoisotopic (exact) mass is 250 g/mol. The molecule has 7 heteroatoms. The molecule has 0 bridgehead atoms. The lowest BCUT2D eigenvalue weighted by atomic mass is 10.1. The second-order valence-electron chi connectivity index (χ2n) is 3.17. The number of hydrogen-bond acceptors (Lipinski definition) is 4. The SMILES string of the molecule is O=C(O)CCCCC(SCC(=O)O)C(=O)O. The van der Waals surface area contributed by atoms with Gasteiger partial charge in [0.05, 0.1) is 5.75 Å². The highest BCUT2D eigenvalue weighted by Gasteiger charge is 2.18. The zero-order valence-corrected chi connectivity index (χ0v) is 9.40. The van der Waals surface area contributed by atoms with Crippen LogP contribution in [0.5, 0.6) is 0 Å². The number of hydrogen-bond donors (Lipinski definition) is 3. The van der Waals surface area contributed by atoms with Gasteiger partial charge in [-0.05, 0) is 12.8 Å². The van der Waals surface area contributed by atoms with Crippen molar-refractivity contribution in [3.05, 3.63) is 0 Å². The molecule has 0 aromatic heterocycles. The fourth-order valence-electron chi connectivity index (χ4n) is 1.06. The van der Waals surface area contributed by atoms with E-state index in [0.717, 1.165) is 11.8 Å². The van der Waals surface area contributed by atoms with E-state index in [2.05, 4.69) is 0 Å². The molecule has 3 N–H and O–H groups in total. The van der Waals surface area contributed by atoms with Gasteiger partial charge in [-0.25, -0.2) is 0 Å². The first kappa shape index (κ1) is 14.8. The molecule has 0 spiro atoms. The van der Waals surface area contributed by atoms with Crippen LogP contribution in [-0.4, -0.2) is 44.2 Å². The molecule has 0 aliphatic carbocycles. The molecule has 0 rings (SSSR count). The minimum Gasteiger partial charge on any atom is -0.481 e. The van der Waals surface area contributed by atoms with E-state index in [0.29, 0.717) is 19.3 Å². The molecule has 0 saturated carbocycles. The van der Waals surface area contributed by atoms with Gasteiger partial charge in [-0.2, -0.15) is 0 Å². The summed E-state index contributed by atoms with van der Waals surface area (Å²) in [4.78, 5) is 31.2. The first-order valence-corrected chi connectivity index (χ1v) is 5.76. The van der Waals surface area contributed by atoms with Crippen LogP contribution in [-0.2, 0) is 14.4 Å². The van der Waals surface area contributed by atoms with E-state index in [-0.39, 0.29) is 12.2 Å². The van der Waals surface area contributed by atoms with E-state index < -0.39 is 23.2 Å². The highest BCUT2D eigenvalue weighted by Crippen LogP contribution is 2.18. The smallest absolute Gasteiger partial charge is 0.316 e. The van der Waals surface area contributed by atoms with Gasteiger partial charge in [0.25, 0.3) is 0 Å². The third kappa shape index (κ3) is 8.10. The lowest BCUT2D eigenvalue weighted by molar-refractivity contribution is -0.137. The fraction of sp³-hybridized carbons (Fsp3) is 0.667. The Hall–Kier alpha value is -1.24. The fourth-order valence-corrected chi connectivity index (χ4v) is 1.88. The van der Waals surface area contributed by atoms with Crippen molar-refractivity contribution in [1.82, 2.24) is 0 Å². The van der Waals surface area contributed by atoms with E-state index in [1.807, 2.05) is 0 Å². The van der Waals surface area contributed by atoms with Gasteiger partial charge in [-0.15, -0.1) is 11.8 Å². The predicted octanol–water partition coefficient (Wildman–Crippen LogP) is 0.902. The summed E-state index contributed by atoms with van der Waals surface area (Å²) in [5.74, 6) is -3.27. The van der Waals surface area contributed by atoms with E-state index in [1.165, 1.54) is 0 Å². The van der Waals surface area contributed by atoms with Crippen LogP contribution < -0.4 is 0 Å². The molecule has 0 fully saturated rings. The minimum atomic E-state index is -1.05. The Morgan fingerprint density at radius 2 is 1.62 bits per heavy atom. The maximum absolute atomic E-state index is 10.7. The number of carbonyl (C=O) groups is 3. The summed E-state index contributed by atoms with van der Waals surface area (Å²) in [5, 5.41) is 24.8. The molecule has 92 valence electrons. The summed E-state index contributed by atoms with van der Waals surface area (Å²) >= 11 is 0.850. The van der Waals surface area contributed by atoms with Gasteiger partial charge in [0.2, 0.25) is 0 Å². The first-order chi connectivity index (χ1) is 7.43. The summed E-state index contributed by atoms with van der Waals surface area (Å²) in [6.07, 6.45) is 1.18. The molecule has 0 amide bonds. The number of thioether (sulfide) groups is 1. The summed E-state index contributed by atoms with van der Waals surface area (Å²) in [6, 6.07) is 0. The van der Waals surface area contributed by atoms with E-state index in [1.54, 1.807) is 0 Å². The average Bonchev–Trinajstić information content (AvgIpc) is 2.15. The zero-order chi connectivity index (χ0) is 12.6. The Balaban J connectivity index is 3.81. The van der Waals surface area contributed by atoms with Gasteiger partial charge < -0.3 is 15.3 Å². The van der Waals surface area contributed by atoms with E-state index in [4.69, 9.17) is 15.3 Å². The third-order valence-electron chi connectivity index (χ3n) is 1.79. The molecule has 0 aliphatic heterocycles. The van der Waals surface area contributed by atoms with Gasteiger partial charge >= 0.3 is 17.9 Å². The van der Waals surface area contributed by atoms with Crippen molar-refractivity contribution in [3.8, 4) is 0 Å². The number of carboxylic acid groups (broad SMARTS) is 3. The van der Waals surface area contributed by atoms with Gasteiger partial charge in [-0.1, -0.05) is 6.42 Å². The molecule has 0 saturated heterocycles. The predicted molar refractivity (Wildman–Crippen MR) is 57.6 cm³/mol. The summed E-state index contributed by atoms with van der Waals surface area (Å²) in [5.41, 5.74) is 0. The van der Waals surface area contributed by atoms with Crippen LogP contribution in [0.3, 0.4) is 0 Å². The maximum atomic E-state index is 10.7. The minimum absolute atomic E-state index is 0.00986. The topological polar surface area (TPSA) is 112 Å². The summed E-state index contributed by atoms with van der Waals surface area (Å²) < 4.78 is 0. The van der Waals surface area contributed by atoms with Crippen LogP contribution in [0, 0.1) is 0 Å². The molecule has 1 atom stereocenters. The van der Waals surface area contributed by atoms with Crippen LogP contribution in [0.4, 0.5) is 0 Å². The molecular formula is C9H14O6S. The van der Waals surface area contributed by atoms with Crippen LogP contribution in [0.1, 0.15) is 25.7 Å². The van der Waals surface area contributed by atoms with Gasteiger partial charge in [0.15, 0.2) is 0 Å². The zero-order valence-electron chi connectivity index (χ0n) is 8.59. The number of rotatable bonds is 9. The number of aliphatic carboxylic acids is 3. The molecule has 1 unspecified atom stereocenters. The highest BCUT2D eigenvalue weighted by atomic mass is 32.2. The van der Waals surface area contributed by atoms with Crippen molar-refractivity contribution in [1.29, 1.82) is 0 Å². The molecule has 0 heterocycles. The van der Waals surface area contributed by atoms with Crippen molar-refractivity contribution >= 4 is 29.7 Å². The molecule has 0 radical (unpaired) electrons. The van der Waals surface area contributed by atoms with Crippen LogP contribution >= 0.6 is 11.8 Å². The van der Waals surface area contributed by atoms with Crippen molar-refractivity contribution in [2.75, 3.05) is 5.75 Å². The van der Waals surface area contributed by atoms with Crippen LogP contribution in [0.15, 0.2) is 0 Å².